The highest BCUT2D eigenvalue weighted by atomic mass is 32.2. The Labute approximate surface area is 135 Å². The first-order valence-corrected chi connectivity index (χ1v) is 9.18. The van der Waals surface area contributed by atoms with Crippen molar-refractivity contribution in [3.05, 3.63) is 41.4 Å². The fourth-order valence-corrected chi connectivity index (χ4v) is 3.73. The Morgan fingerprint density at radius 2 is 2.10 bits per heavy atom. The van der Waals surface area contributed by atoms with Crippen LogP contribution in [0.3, 0.4) is 0 Å². The molecular weight excluding hydrogens is 300 g/mol. The third-order valence-corrected chi connectivity index (χ3v) is 5.05. The second-order valence-electron chi connectivity index (χ2n) is 4.64. The Hall–Kier alpha value is -1.04. The van der Waals surface area contributed by atoms with Crippen molar-refractivity contribution in [3.8, 4) is 5.75 Å². The number of nitrogens with one attached hydrogen (secondary N) is 1. The van der Waals surface area contributed by atoms with E-state index in [2.05, 4.69) is 48.4 Å². The number of hydrogen-bond acceptors (Lipinski definition) is 5. The summed E-state index contributed by atoms with van der Waals surface area (Å²) >= 11 is 3.50. The molecule has 0 saturated heterocycles. The number of thiazole rings is 1. The van der Waals surface area contributed by atoms with Gasteiger partial charge in [0.1, 0.15) is 10.1 Å². The zero-order valence-corrected chi connectivity index (χ0v) is 14.2. The molecule has 0 aliphatic heterocycles. The highest BCUT2D eigenvalue weighted by Crippen LogP contribution is 2.27. The number of thioether (sulfide) groups is 1. The minimum absolute atomic E-state index is 0.337. The van der Waals surface area contributed by atoms with Crippen molar-refractivity contribution in [1.82, 2.24) is 10.3 Å². The van der Waals surface area contributed by atoms with Crippen molar-refractivity contribution in [2.45, 2.75) is 30.6 Å². The fourth-order valence-electron chi connectivity index (χ4n) is 1.97. The van der Waals surface area contributed by atoms with Crippen molar-refractivity contribution in [2.24, 2.45) is 0 Å². The van der Waals surface area contributed by atoms with Crippen LogP contribution in [0.4, 0.5) is 0 Å². The third-order valence-electron chi connectivity index (χ3n) is 2.99. The molecule has 5 heteroatoms. The van der Waals surface area contributed by atoms with Gasteiger partial charge in [-0.3, -0.25) is 0 Å². The van der Waals surface area contributed by atoms with Crippen LogP contribution in [0.2, 0.25) is 0 Å². The molecule has 2 aromatic rings. The lowest BCUT2D eigenvalue weighted by Gasteiger charge is -2.18. The molecule has 0 radical (unpaired) electrons. The smallest absolute Gasteiger partial charge is 0.149 e. The van der Waals surface area contributed by atoms with Gasteiger partial charge in [0.25, 0.3) is 0 Å². The van der Waals surface area contributed by atoms with E-state index in [-0.39, 0.29) is 0 Å². The normalized spacial score (nSPS) is 12.3. The molecule has 1 atom stereocenters. The van der Waals surface area contributed by atoms with Crippen LogP contribution in [-0.4, -0.2) is 23.9 Å². The minimum atomic E-state index is 0.337. The molecule has 3 nitrogen and oxygen atoms in total. The van der Waals surface area contributed by atoms with E-state index in [4.69, 9.17) is 4.74 Å². The fraction of sp³-hybridized carbons (Fsp3) is 0.438. The van der Waals surface area contributed by atoms with Crippen molar-refractivity contribution in [3.63, 3.8) is 0 Å². The monoisotopic (exact) mass is 322 g/mol. The highest BCUT2D eigenvalue weighted by Gasteiger charge is 2.11. The third kappa shape index (κ3) is 5.34. The summed E-state index contributed by atoms with van der Waals surface area (Å²) in [6.45, 7) is 5.98. The summed E-state index contributed by atoms with van der Waals surface area (Å²) in [6.07, 6.45) is 2.89. The van der Waals surface area contributed by atoms with Crippen molar-refractivity contribution in [1.29, 1.82) is 0 Å². The van der Waals surface area contributed by atoms with E-state index in [9.17, 15) is 0 Å². The molecule has 0 aliphatic rings. The Bertz CT molecular complexity index is 500. The van der Waals surface area contributed by atoms with Crippen LogP contribution < -0.4 is 10.1 Å². The van der Waals surface area contributed by atoms with E-state index in [1.54, 1.807) is 23.1 Å². The van der Waals surface area contributed by atoms with E-state index >= 15 is 0 Å². The second kappa shape index (κ2) is 9.07. The summed E-state index contributed by atoms with van der Waals surface area (Å²) in [5.41, 5.74) is 1.30. The van der Waals surface area contributed by atoms with Crippen LogP contribution in [0.1, 0.15) is 31.9 Å². The maximum absolute atomic E-state index is 5.63. The maximum atomic E-state index is 5.63. The Kier molecular flexibility index (Phi) is 7.06. The molecule has 1 unspecified atom stereocenters. The number of ether oxygens (including phenoxy) is 1. The zero-order chi connectivity index (χ0) is 14.9. The predicted molar refractivity (Wildman–Crippen MR) is 91.5 cm³/mol. The van der Waals surface area contributed by atoms with Crippen LogP contribution in [0, 0.1) is 0 Å². The summed E-state index contributed by atoms with van der Waals surface area (Å²) in [7, 11) is 0. The summed E-state index contributed by atoms with van der Waals surface area (Å²) in [5, 5.41) is 5.56. The van der Waals surface area contributed by atoms with Gasteiger partial charge in [-0.05, 0) is 30.7 Å². The van der Waals surface area contributed by atoms with Crippen LogP contribution in [0.15, 0.2) is 40.2 Å². The van der Waals surface area contributed by atoms with Gasteiger partial charge in [-0.25, -0.2) is 4.98 Å². The van der Waals surface area contributed by atoms with Crippen molar-refractivity contribution in [2.75, 3.05) is 18.9 Å². The summed E-state index contributed by atoms with van der Waals surface area (Å²) in [5.74, 6) is 1.93. The Balaban J connectivity index is 1.96. The zero-order valence-electron chi connectivity index (χ0n) is 12.5. The van der Waals surface area contributed by atoms with E-state index in [1.807, 2.05) is 11.6 Å². The van der Waals surface area contributed by atoms with Crippen LogP contribution in [0.25, 0.3) is 0 Å². The predicted octanol–water partition coefficient (Wildman–Crippen LogP) is 4.37. The first kappa shape index (κ1) is 16.3. The summed E-state index contributed by atoms with van der Waals surface area (Å²) < 4.78 is 6.76. The first-order valence-electron chi connectivity index (χ1n) is 7.32. The molecule has 21 heavy (non-hydrogen) atoms. The molecule has 114 valence electrons. The summed E-state index contributed by atoms with van der Waals surface area (Å²) in [4.78, 5) is 4.32. The van der Waals surface area contributed by atoms with Gasteiger partial charge in [0, 0.05) is 23.4 Å². The van der Waals surface area contributed by atoms with Gasteiger partial charge in [-0.1, -0.05) is 37.7 Å². The molecule has 1 N–H and O–H groups in total. The molecule has 0 amide bonds. The van der Waals surface area contributed by atoms with Gasteiger partial charge < -0.3 is 10.1 Å². The first-order chi connectivity index (χ1) is 10.3. The minimum Gasteiger partial charge on any atom is -0.494 e. The van der Waals surface area contributed by atoms with E-state index in [0.29, 0.717) is 6.04 Å². The lowest BCUT2D eigenvalue weighted by Crippen LogP contribution is -2.22. The molecule has 0 spiro atoms. The van der Waals surface area contributed by atoms with Gasteiger partial charge in [0.2, 0.25) is 0 Å². The molecule has 1 heterocycles. The van der Waals surface area contributed by atoms with E-state index in [0.717, 1.165) is 35.4 Å². The Morgan fingerprint density at radius 3 is 2.71 bits per heavy atom. The van der Waals surface area contributed by atoms with Crippen molar-refractivity contribution < 1.29 is 4.74 Å². The SMILES string of the molecule is CCCOc1ccc(C(CSc2nccs2)NCC)cc1. The second-order valence-corrected chi connectivity index (χ2v) is 6.80. The summed E-state index contributed by atoms with van der Waals surface area (Å²) in [6, 6.07) is 8.76. The van der Waals surface area contributed by atoms with E-state index < -0.39 is 0 Å². The van der Waals surface area contributed by atoms with Gasteiger partial charge in [0.15, 0.2) is 0 Å². The van der Waals surface area contributed by atoms with Gasteiger partial charge >= 0.3 is 0 Å². The van der Waals surface area contributed by atoms with Crippen LogP contribution in [-0.2, 0) is 0 Å². The van der Waals surface area contributed by atoms with Gasteiger partial charge in [0.05, 0.1) is 6.61 Å². The van der Waals surface area contributed by atoms with Crippen molar-refractivity contribution >= 4 is 23.1 Å². The quantitative estimate of drug-likeness (QED) is 0.695. The molecule has 1 aromatic carbocycles. The molecule has 0 fully saturated rings. The average Bonchev–Trinajstić information content (AvgIpc) is 3.03. The topological polar surface area (TPSA) is 34.1 Å². The lowest BCUT2D eigenvalue weighted by molar-refractivity contribution is 0.317. The largest absolute Gasteiger partial charge is 0.494 e. The molecule has 1 aromatic heterocycles. The van der Waals surface area contributed by atoms with Crippen LogP contribution in [0.5, 0.6) is 5.75 Å². The number of hydrogen-bond donors (Lipinski definition) is 1. The molecule has 2 rings (SSSR count). The number of nitrogens with zero attached hydrogens (tertiary/aromatic N) is 1. The number of rotatable bonds is 9. The highest BCUT2D eigenvalue weighted by molar-refractivity contribution is 8.01. The maximum Gasteiger partial charge on any atom is 0.149 e. The number of aromatic nitrogens is 1. The number of benzene rings is 1. The Morgan fingerprint density at radius 1 is 1.29 bits per heavy atom. The lowest BCUT2D eigenvalue weighted by atomic mass is 10.1. The molecule has 0 aliphatic carbocycles. The standard InChI is InChI=1S/C16H22N2OS2/c1-3-10-19-14-7-5-13(6-8-14)15(17-4-2)12-21-16-18-9-11-20-16/h5-9,11,15,17H,3-4,10,12H2,1-2H3. The molecule has 0 bridgehead atoms. The van der Waals surface area contributed by atoms with Gasteiger partial charge in [-0.15, -0.1) is 11.3 Å². The molecular formula is C16H22N2OS2. The van der Waals surface area contributed by atoms with Gasteiger partial charge in [-0.2, -0.15) is 0 Å². The average molecular weight is 322 g/mol. The van der Waals surface area contributed by atoms with E-state index in [1.165, 1.54) is 5.56 Å². The molecule has 0 saturated carbocycles. The van der Waals surface area contributed by atoms with Crippen LogP contribution >= 0.6 is 23.1 Å².